The first-order chi connectivity index (χ1) is 17.1. The minimum atomic E-state index is -0.610. The number of pyridine rings is 1. The minimum Gasteiger partial charge on any atom is -0.496 e. The van der Waals surface area contributed by atoms with Gasteiger partial charge in [0.15, 0.2) is 0 Å². The first kappa shape index (κ1) is 24.7. The molecular weight excluding hydrogens is 460 g/mol. The maximum absolute atomic E-state index is 12.8. The Morgan fingerprint density at radius 2 is 1.78 bits per heavy atom. The molecule has 2 aromatic carbocycles. The summed E-state index contributed by atoms with van der Waals surface area (Å²) in [6, 6.07) is 13.9. The third kappa shape index (κ3) is 5.14. The van der Waals surface area contributed by atoms with Gasteiger partial charge >= 0.3 is 0 Å². The predicted molar refractivity (Wildman–Crippen MR) is 136 cm³/mol. The first-order valence-electron chi connectivity index (χ1n) is 11.3. The number of carbonyl (C=O) groups is 2. The van der Waals surface area contributed by atoms with Crippen LogP contribution in [0.25, 0.3) is 10.9 Å². The van der Waals surface area contributed by atoms with Crippen LogP contribution in [0.1, 0.15) is 42.6 Å². The molecule has 0 atom stereocenters. The highest BCUT2D eigenvalue weighted by Gasteiger charge is 2.22. The third-order valence-corrected chi connectivity index (χ3v) is 5.74. The second-order valence-electron chi connectivity index (χ2n) is 9.40. The molecule has 186 valence electrons. The zero-order valence-corrected chi connectivity index (χ0v) is 20.9. The molecule has 0 radical (unpaired) electrons. The number of likely N-dealkylation sites (N-methyl/N-ethyl adjacent to an activating group) is 1. The molecule has 4 aromatic rings. The van der Waals surface area contributed by atoms with Crippen LogP contribution in [-0.2, 0) is 16.6 Å². The number of amides is 2. The van der Waals surface area contributed by atoms with Crippen molar-refractivity contribution in [3.8, 4) is 17.2 Å². The van der Waals surface area contributed by atoms with E-state index in [1.54, 1.807) is 60.6 Å². The third-order valence-electron chi connectivity index (χ3n) is 5.74. The van der Waals surface area contributed by atoms with Gasteiger partial charge in [-0.2, -0.15) is 0 Å². The van der Waals surface area contributed by atoms with Crippen molar-refractivity contribution in [2.45, 2.75) is 32.6 Å². The lowest BCUT2D eigenvalue weighted by atomic mass is 9.93. The highest BCUT2D eigenvalue weighted by molar-refractivity contribution is 6.01. The van der Waals surface area contributed by atoms with Crippen LogP contribution in [-0.4, -0.2) is 36.1 Å². The number of ether oxygens (including phenoxy) is 2. The zero-order chi connectivity index (χ0) is 26.0. The molecule has 0 fully saturated rings. The Bertz CT molecular complexity index is 1420. The molecule has 9 heteroatoms. The van der Waals surface area contributed by atoms with Crippen molar-refractivity contribution in [1.82, 2.24) is 10.1 Å². The Labute approximate surface area is 208 Å². The van der Waals surface area contributed by atoms with Crippen molar-refractivity contribution in [2.24, 2.45) is 5.73 Å². The van der Waals surface area contributed by atoms with E-state index in [2.05, 4.69) is 10.1 Å². The summed E-state index contributed by atoms with van der Waals surface area (Å²) in [4.78, 5) is 30.5. The maximum atomic E-state index is 12.8. The summed E-state index contributed by atoms with van der Waals surface area (Å²) in [5.74, 6) is 1.40. The van der Waals surface area contributed by atoms with E-state index in [9.17, 15) is 9.59 Å². The number of primary amides is 1. The number of rotatable bonds is 7. The number of carbonyl (C=O) groups excluding carboxylic acids is 2. The van der Waals surface area contributed by atoms with Gasteiger partial charge in [-0.1, -0.05) is 25.9 Å². The predicted octanol–water partition coefficient (Wildman–Crippen LogP) is 4.63. The Kier molecular flexibility index (Phi) is 6.65. The first-order valence-corrected chi connectivity index (χ1v) is 11.3. The number of methoxy groups -OCH3 is 1. The van der Waals surface area contributed by atoms with Crippen LogP contribution in [0, 0.1) is 0 Å². The smallest absolute Gasteiger partial charge is 0.252 e. The van der Waals surface area contributed by atoms with Crippen LogP contribution < -0.4 is 20.1 Å². The van der Waals surface area contributed by atoms with Gasteiger partial charge < -0.3 is 24.6 Å². The van der Waals surface area contributed by atoms with E-state index in [4.69, 9.17) is 19.7 Å². The average molecular weight is 489 g/mol. The summed E-state index contributed by atoms with van der Waals surface area (Å²) in [6.45, 7) is 6.07. The van der Waals surface area contributed by atoms with Gasteiger partial charge in [0.25, 0.3) is 5.91 Å². The van der Waals surface area contributed by atoms with Crippen LogP contribution in [0.2, 0.25) is 0 Å². The molecule has 0 saturated carbocycles. The fourth-order valence-electron chi connectivity index (χ4n) is 3.63. The van der Waals surface area contributed by atoms with E-state index in [1.807, 2.05) is 26.8 Å². The van der Waals surface area contributed by atoms with Crippen LogP contribution >= 0.6 is 0 Å². The van der Waals surface area contributed by atoms with Crippen molar-refractivity contribution in [3.63, 3.8) is 0 Å². The number of hydrogen-bond acceptors (Lipinski definition) is 7. The average Bonchev–Trinajstić information content (AvgIpc) is 3.32. The van der Waals surface area contributed by atoms with E-state index in [0.717, 1.165) is 5.76 Å². The van der Waals surface area contributed by atoms with Gasteiger partial charge in [0, 0.05) is 41.9 Å². The van der Waals surface area contributed by atoms with Crippen molar-refractivity contribution < 1.29 is 23.6 Å². The van der Waals surface area contributed by atoms with Crippen LogP contribution in [0.5, 0.6) is 17.2 Å². The highest BCUT2D eigenvalue weighted by Crippen LogP contribution is 2.33. The van der Waals surface area contributed by atoms with Crippen LogP contribution in [0.3, 0.4) is 0 Å². The van der Waals surface area contributed by atoms with E-state index in [1.165, 1.54) is 7.11 Å². The summed E-state index contributed by atoms with van der Waals surface area (Å²) in [5, 5.41) is 4.64. The molecule has 2 aromatic heterocycles. The van der Waals surface area contributed by atoms with E-state index in [0.29, 0.717) is 39.5 Å². The normalized spacial score (nSPS) is 11.4. The minimum absolute atomic E-state index is 0.120. The Balaban J connectivity index is 1.50. The lowest BCUT2D eigenvalue weighted by Gasteiger charge is -2.17. The van der Waals surface area contributed by atoms with Gasteiger partial charge in [-0.05, 0) is 36.4 Å². The number of aromatic nitrogens is 2. The van der Waals surface area contributed by atoms with Gasteiger partial charge in [0.1, 0.15) is 23.0 Å². The summed E-state index contributed by atoms with van der Waals surface area (Å²) < 4.78 is 16.7. The molecule has 4 rings (SSSR count). The molecule has 36 heavy (non-hydrogen) atoms. The molecule has 0 aliphatic heterocycles. The number of fused-ring (bicyclic) bond motifs is 1. The van der Waals surface area contributed by atoms with Gasteiger partial charge in [-0.3, -0.25) is 14.6 Å². The second-order valence-corrected chi connectivity index (χ2v) is 9.40. The summed E-state index contributed by atoms with van der Waals surface area (Å²) >= 11 is 0. The molecule has 0 unspecified atom stereocenters. The van der Waals surface area contributed by atoms with Crippen LogP contribution in [0.15, 0.2) is 59.3 Å². The van der Waals surface area contributed by atoms with E-state index >= 15 is 0 Å². The molecule has 2 N–H and O–H groups in total. The number of anilines is 1. The SMILES string of the molecule is COc1cc2nccc(Oc3ccc(N(C)C(=O)Cc4cc(C(C)(C)C)on4)cc3)c2cc1C(N)=O. The maximum Gasteiger partial charge on any atom is 0.252 e. The molecule has 0 aliphatic rings. The molecule has 0 aliphatic carbocycles. The summed E-state index contributed by atoms with van der Waals surface area (Å²) in [6.07, 6.45) is 1.74. The number of benzene rings is 2. The Morgan fingerprint density at radius 3 is 2.39 bits per heavy atom. The van der Waals surface area contributed by atoms with E-state index < -0.39 is 5.91 Å². The fraction of sp³-hybridized carbons (Fsp3) is 0.259. The van der Waals surface area contributed by atoms with Gasteiger partial charge in [0.2, 0.25) is 5.91 Å². The summed E-state index contributed by atoms with van der Waals surface area (Å²) in [5.41, 5.74) is 7.45. The topological polar surface area (TPSA) is 121 Å². The molecule has 2 heterocycles. The van der Waals surface area contributed by atoms with Crippen molar-refractivity contribution in [2.75, 3.05) is 19.1 Å². The monoisotopic (exact) mass is 488 g/mol. The quantitative estimate of drug-likeness (QED) is 0.403. The molecule has 0 bridgehead atoms. The molecule has 2 amide bonds. The Morgan fingerprint density at radius 1 is 1.06 bits per heavy atom. The van der Waals surface area contributed by atoms with Gasteiger partial charge in [-0.25, -0.2) is 0 Å². The largest absolute Gasteiger partial charge is 0.496 e. The molecule has 0 saturated heterocycles. The molecule has 9 nitrogen and oxygen atoms in total. The highest BCUT2D eigenvalue weighted by atomic mass is 16.5. The summed E-state index contributed by atoms with van der Waals surface area (Å²) in [7, 11) is 3.17. The fourth-order valence-corrected chi connectivity index (χ4v) is 3.63. The second kappa shape index (κ2) is 9.69. The zero-order valence-electron chi connectivity index (χ0n) is 20.9. The molecule has 0 spiro atoms. The Hall–Kier alpha value is -4.40. The lowest BCUT2D eigenvalue weighted by molar-refractivity contribution is -0.117. The van der Waals surface area contributed by atoms with Crippen molar-refractivity contribution in [1.29, 1.82) is 0 Å². The van der Waals surface area contributed by atoms with Gasteiger partial charge in [0.05, 0.1) is 30.3 Å². The van der Waals surface area contributed by atoms with Crippen molar-refractivity contribution >= 4 is 28.4 Å². The van der Waals surface area contributed by atoms with Crippen molar-refractivity contribution in [3.05, 3.63) is 71.7 Å². The van der Waals surface area contributed by atoms with Crippen LogP contribution in [0.4, 0.5) is 5.69 Å². The van der Waals surface area contributed by atoms with Gasteiger partial charge in [-0.15, -0.1) is 0 Å². The lowest BCUT2D eigenvalue weighted by Crippen LogP contribution is -2.27. The number of nitrogens with two attached hydrogens (primary N) is 1. The number of nitrogens with zero attached hydrogens (tertiary/aromatic N) is 3. The number of hydrogen-bond donors (Lipinski definition) is 1. The standard InChI is InChI=1S/C27H28N4O5/c1-27(2,3)24-12-16(30-36-24)13-25(32)31(4)17-6-8-18(9-7-17)35-22-10-11-29-21-15-23(34-5)20(26(28)33)14-19(21)22/h6-12,14-15H,13H2,1-5H3,(H2,28,33). The van der Waals surface area contributed by atoms with E-state index in [-0.39, 0.29) is 23.3 Å². The molecular formula is C27H28N4O5.